The molecule has 0 spiro atoms. The Bertz CT molecular complexity index is 259. The molecule has 0 aliphatic rings. The van der Waals surface area contributed by atoms with E-state index in [1.807, 2.05) is 13.8 Å². The van der Waals surface area contributed by atoms with Crippen LogP contribution < -0.4 is 5.32 Å². The van der Waals surface area contributed by atoms with Gasteiger partial charge in [0.1, 0.15) is 5.54 Å². The molecule has 114 valence electrons. The van der Waals surface area contributed by atoms with Crippen LogP contribution in [0.25, 0.3) is 0 Å². The molecule has 1 N–H and O–H groups in total. The molecular formula is C15H32N2O2. The van der Waals surface area contributed by atoms with E-state index < -0.39 is 5.54 Å². The number of hydrogen-bond acceptors (Lipinski definition) is 4. The maximum absolute atomic E-state index is 11.8. The van der Waals surface area contributed by atoms with Crippen molar-refractivity contribution < 1.29 is 9.53 Å². The van der Waals surface area contributed by atoms with Crippen LogP contribution in [0.15, 0.2) is 0 Å². The van der Waals surface area contributed by atoms with Gasteiger partial charge in [0.2, 0.25) is 0 Å². The highest BCUT2D eigenvalue weighted by Gasteiger charge is 2.32. The first kappa shape index (κ1) is 18.4. The van der Waals surface area contributed by atoms with Gasteiger partial charge >= 0.3 is 5.97 Å². The summed E-state index contributed by atoms with van der Waals surface area (Å²) < 4.78 is 4.89. The molecule has 2 unspecified atom stereocenters. The van der Waals surface area contributed by atoms with Gasteiger partial charge in [0.05, 0.1) is 7.11 Å². The highest BCUT2D eigenvalue weighted by atomic mass is 16.5. The minimum Gasteiger partial charge on any atom is -0.468 e. The number of carbonyl (C=O) groups is 1. The Hall–Kier alpha value is -0.610. The number of ether oxygens (including phenoxy) is 1. The molecule has 0 aromatic rings. The largest absolute Gasteiger partial charge is 0.468 e. The van der Waals surface area contributed by atoms with Gasteiger partial charge in [-0.15, -0.1) is 0 Å². The predicted octanol–water partition coefficient (Wildman–Crippen LogP) is 2.29. The van der Waals surface area contributed by atoms with Gasteiger partial charge in [0, 0.05) is 6.54 Å². The number of likely N-dealkylation sites (N-methyl/N-ethyl adjacent to an activating group) is 1. The lowest BCUT2D eigenvalue weighted by atomic mass is 9.95. The molecular weight excluding hydrogens is 240 g/mol. The molecule has 2 atom stereocenters. The van der Waals surface area contributed by atoms with E-state index in [1.165, 1.54) is 13.5 Å². The van der Waals surface area contributed by atoms with Gasteiger partial charge in [-0.2, -0.15) is 0 Å². The fraction of sp³-hybridized carbons (Fsp3) is 0.933. The Morgan fingerprint density at radius 3 is 2.53 bits per heavy atom. The van der Waals surface area contributed by atoms with Gasteiger partial charge < -0.3 is 15.0 Å². The summed E-state index contributed by atoms with van der Waals surface area (Å²) in [6, 6.07) is 0. The molecule has 19 heavy (non-hydrogen) atoms. The first-order valence-corrected chi connectivity index (χ1v) is 7.41. The van der Waals surface area contributed by atoms with Crippen molar-refractivity contribution >= 4 is 5.97 Å². The third-order valence-corrected chi connectivity index (χ3v) is 3.74. The van der Waals surface area contributed by atoms with Crippen molar-refractivity contribution in [1.29, 1.82) is 0 Å². The summed E-state index contributed by atoms with van der Waals surface area (Å²) in [5, 5.41) is 3.24. The number of methoxy groups -OCH3 is 1. The Labute approximate surface area is 118 Å². The Kier molecular flexibility index (Phi) is 9.02. The van der Waals surface area contributed by atoms with E-state index in [0.29, 0.717) is 0 Å². The van der Waals surface area contributed by atoms with E-state index in [4.69, 9.17) is 4.74 Å². The zero-order valence-corrected chi connectivity index (χ0v) is 13.6. The number of carbonyl (C=O) groups excluding carboxylic acids is 1. The van der Waals surface area contributed by atoms with Crippen molar-refractivity contribution in [3.8, 4) is 0 Å². The van der Waals surface area contributed by atoms with Crippen LogP contribution in [0.5, 0.6) is 0 Å². The first-order chi connectivity index (χ1) is 8.89. The average Bonchev–Trinajstić information content (AvgIpc) is 2.37. The molecule has 0 heterocycles. The number of nitrogens with one attached hydrogen (secondary N) is 1. The molecule has 0 fully saturated rings. The molecule has 0 aliphatic heterocycles. The molecule has 0 aromatic heterocycles. The second-order valence-electron chi connectivity index (χ2n) is 5.73. The summed E-state index contributed by atoms with van der Waals surface area (Å²) >= 11 is 0. The van der Waals surface area contributed by atoms with Gasteiger partial charge in [0.25, 0.3) is 0 Å². The van der Waals surface area contributed by atoms with Crippen molar-refractivity contribution in [1.82, 2.24) is 10.2 Å². The molecule has 4 nitrogen and oxygen atoms in total. The highest BCUT2D eigenvalue weighted by Crippen LogP contribution is 2.15. The number of esters is 1. The second kappa shape index (κ2) is 9.32. The fourth-order valence-corrected chi connectivity index (χ4v) is 2.33. The van der Waals surface area contributed by atoms with Crippen molar-refractivity contribution in [3.63, 3.8) is 0 Å². The molecule has 0 aliphatic carbocycles. The van der Waals surface area contributed by atoms with Gasteiger partial charge in [-0.1, -0.05) is 27.2 Å². The lowest BCUT2D eigenvalue weighted by molar-refractivity contribution is -0.148. The monoisotopic (exact) mass is 272 g/mol. The highest BCUT2D eigenvalue weighted by molar-refractivity contribution is 5.80. The van der Waals surface area contributed by atoms with E-state index in [-0.39, 0.29) is 5.97 Å². The molecule has 0 rings (SSSR count). The van der Waals surface area contributed by atoms with E-state index >= 15 is 0 Å². The van der Waals surface area contributed by atoms with Crippen LogP contribution in [-0.4, -0.2) is 50.2 Å². The smallest absolute Gasteiger partial charge is 0.325 e. The van der Waals surface area contributed by atoms with E-state index in [1.54, 1.807) is 0 Å². The molecule has 4 heteroatoms. The quantitative estimate of drug-likeness (QED) is 0.620. The lowest BCUT2D eigenvalue weighted by Gasteiger charge is -2.28. The zero-order valence-electron chi connectivity index (χ0n) is 13.6. The molecule has 0 aromatic carbocycles. The maximum Gasteiger partial charge on any atom is 0.325 e. The summed E-state index contributed by atoms with van der Waals surface area (Å²) in [6.45, 7) is 11.3. The second-order valence-corrected chi connectivity index (χ2v) is 5.73. The first-order valence-electron chi connectivity index (χ1n) is 7.41. The maximum atomic E-state index is 11.8. The van der Waals surface area contributed by atoms with Crippen LogP contribution >= 0.6 is 0 Å². The molecule has 0 bridgehead atoms. The summed E-state index contributed by atoms with van der Waals surface area (Å²) in [6.07, 6.45) is 3.01. The Balaban J connectivity index is 4.16. The van der Waals surface area contributed by atoms with E-state index in [0.717, 1.165) is 38.4 Å². The van der Waals surface area contributed by atoms with Crippen LogP contribution in [-0.2, 0) is 9.53 Å². The summed E-state index contributed by atoms with van der Waals surface area (Å²) in [4.78, 5) is 14.2. The van der Waals surface area contributed by atoms with Crippen LogP contribution in [0.4, 0.5) is 0 Å². The normalized spacial score (nSPS) is 16.2. The molecule has 0 saturated heterocycles. The van der Waals surface area contributed by atoms with Crippen molar-refractivity contribution in [2.24, 2.45) is 5.92 Å². The molecule has 0 radical (unpaired) electrons. The summed E-state index contributed by atoms with van der Waals surface area (Å²) in [5.74, 6) is 0.560. The Morgan fingerprint density at radius 2 is 2.05 bits per heavy atom. The minimum atomic E-state index is -0.555. The topological polar surface area (TPSA) is 41.6 Å². The van der Waals surface area contributed by atoms with Gasteiger partial charge in [-0.3, -0.25) is 4.79 Å². The number of nitrogens with zero attached hydrogens (tertiary/aromatic N) is 1. The van der Waals surface area contributed by atoms with Crippen LogP contribution in [0.3, 0.4) is 0 Å². The van der Waals surface area contributed by atoms with Gasteiger partial charge in [0.15, 0.2) is 0 Å². The van der Waals surface area contributed by atoms with Crippen LogP contribution in [0.2, 0.25) is 0 Å². The van der Waals surface area contributed by atoms with Crippen molar-refractivity contribution in [3.05, 3.63) is 0 Å². The van der Waals surface area contributed by atoms with E-state index in [9.17, 15) is 4.79 Å². The third-order valence-electron chi connectivity index (χ3n) is 3.74. The SMILES string of the molecule is CCNC(C)(CCCN(C)CC(C)CC)C(=O)OC. The van der Waals surface area contributed by atoms with Crippen LogP contribution in [0, 0.1) is 5.92 Å². The zero-order chi connectivity index (χ0) is 14.9. The third kappa shape index (κ3) is 6.92. The molecule has 0 amide bonds. The lowest BCUT2D eigenvalue weighted by Crippen LogP contribution is -2.50. The van der Waals surface area contributed by atoms with Crippen molar-refractivity contribution in [2.75, 3.05) is 33.8 Å². The minimum absolute atomic E-state index is 0.168. The number of hydrogen-bond donors (Lipinski definition) is 1. The standard InChI is InChI=1S/C15H32N2O2/c1-7-13(3)12-17(5)11-9-10-15(4,16-8-2)14(18)19-6/h13,16H,7-12H2,1-6H3. The predicted molar refractivity (Wildman–Crippen MR) is 80.3 cm³/mol. The van der Waals surface area contributed by atoms with Crippen molar-refractivity contribution in [2.45, 2.75) is 52.5 Å². The summed E-state index contributed by atoms with van der Waals surface area (Å²) in [7, 11) is 3.60. The van der Waals surface area contributed by atoms with Crippen LogP contribution in [0.1, 0.15) is 47.0 Å². The molecule has 0 saturated carbocycles. The van der Waals surface area contributed by atoms with Gasteiger partial charge in [-0.05, 0) is 45.8 Å². The van der Waals surface area contributed by atoms with Gasteiger partial charge in [-0.25, -0.2) is 0 Å². The van der Waals surface area contributed by atoms with E-state index in [2.05, 4.69) is 31.1 Å². The fourth-order valence-electron chi connectivity index (χ4n) is 2.33. The Morgan fingerprint density at radius 1 is 1.42 bits per heavy atom. The number of rotatable bonds is 10. The summed E-state index contributed by atoms with van der Waals surface area (Å²) in [5.41, 5.74) is -0.555. The average molecular weight is 272 g/mol.